The standard InChI is InChI=1S/C15H21N3O5S/c19-18(20)15-12-13(24(21,22)17-6-2-1-3-7-17)4-5-14(15)16-8-10-23-11-9-16/h4-5,12H,1-3,6-11H2. The smallest absolute Gasteiger partial charge is 0.293 e. The quantitative estimate of drug-likeness (QED) is 0.602. The normalized spacial score (nSPS) is 20.1. The van der Waals surface area contributed by atoms with Crippen molar-refractivity contribution in [2.75, 3.05) is 44.3 Å². The van der Waals surface area contributed by atoms with E-state index in [1.54, 1.807) is 6.07 Å². The molecule has 0 aromatic heterocycles. The van der Waals surface area contributed by atoms with Gasteiger partial charge in [-0.3, -0.25) is 10.1 Å². The molecule has 0 spiro atoms. The zero-order chi connectivity index (χ0) is 17.2. The van der Waals surface area contributed by atoms with E-state index in [9.17, 15) is 18.5 Å². The molecule has 0 unspecified atom stereocenters. The van der Waals surface area contributed by atoms with Crippen LogP contribution in [0.5, 0.6) is 0 Å². The number of hydrogen-bond acceptors (Lipinski definition) is 6. The van der Waals surface area contributed by atoms with Gasteiger partial charge in [-0.25, -0.2) is 8.42 Å². The van der Waals surface area contributed by atoms with Gasteiger partial charge in [-0.1, -0.05) is 6.42 Å². The van der Waals surface area contributed by atoms with E-state index in [1.807, 2.05) is 4.90 Å². The molecule has 0 radical (unpaired) electrons. The molecule has 0 atom stereocenters. The van der Waals surface area contributed by atoms with E-state index in [4.69, 9.17) is 4.74 Å². The van der Waals surface area contributed by atoms with Crippen LogP contribution in [0.25, 0.3) is 0 Å². The Labute approximate surface area is 141 Å². The minimum absolute atomic E-state index is 0.00638. The second kappa shape index (κ2) is 7.04. The molecule has 9 heteroatoms. The van der Waals surface area contributed by atoms with Gasteiger partial charge >= 0.3 is 0 Å². The number of rotatable bonds is 4. The van der Waals surface area contributed by atoms with Crippen molar-refractivity contribution >= 4 is 21.4 Å². The molecule has 2 aliphatic rings. The summed E-state index contributed by atoms with van der Waals surface area (Å²) in [6.07, 6.45) is 2.67. The number of piperidine rings is 1. The molecule has 2 saturated heterocycles. The lowest BCUT2D eigenvalue weighted by Gasteiger charge is -2.29. The summed E-state index contributed by atoms with van der Waals surface area (Å²) in [5.41, 5.74) is 0.274. The molecule has 2 fully saturated rings. The van der Waals surface area contributed by atoms with Crippen LogP contribution in [0.1, 0.15) is 19.3 Å². The van der Waals surface area contributed by atoms with Gasteiger partial charge in [0.05, 0.1) is 23.0 Å². The molecular formula is C15H21N3O5S. The van der Waals surface area contributed by atoms with Crippen molar-refractivity contribution in [3.05, 3.63) is 28.3 Å². The Kier molecular flexibility index (Phi) is 5.02. The molecule has 1 aromatic carbocycles. The van der Waals surface area contributed by atoms with Crippen molar-refractivity contribution in [2.24, 2.45) is 0 Å². The van der Waals surface area contributed by atoms with Crippen LogP contribution in [-0.4, -0.2) is 57.0 Å². The van der Waals surface area contributed by atoms with Gasteiger partial charge < -0.3 is 9.64 Å². The lowest BCUT2D eigenvalue weighted by atomic mass is 10.2. The monoisotopic (exact) mass is 355 g/mol. The molecular weight excluding hydrogens is 334 g/mol. The topological polar surface area (TPSA) is 93.0 Å². The number of ether oxygens (including phenoxy) is 1. The fraction of sp³-hybridized carbons (Fsp3) is 0.600. The summed E-state index contributed by atoms with van der Waals surface area (Å²) in [4.78, 5) is 12.8. The first kappa shape index (κ1) is 17.1. The van der Waals surface area contributed by atoms with Crippen molar-refractivity contribution in [2.45, 2.75) is 24.2 Å². The predicted molar refractivity (Wildman–Crippen MR) is 88.7 cm³/mol. The number of anilines is 1. The van der Waals surface area contributed by atoms with Gasteiger partial charge in [0.25, 0.3) is 5.69 Å². The Morgan fingerprint density at radius 2 is 1.71 bits per heavy atom. The zero-order valence-electron chi connectivity index (χ0n) is 13.4. The maximum Gasteiger partial charge on any atom is 0.293 e. The van der Waals surface area contributed by atoms with Crippen molar-refractivity contribution in [1.29, 1.82) is 0 Å². The number of nitrogens with zero attached hydrogens (tertiary/aromatic N) is 3. The summed E-state index contributed by atoms with van der Waals surface area (Å²) >= 11 is 0. The Morgan fingerprint density at radius 1 is 1.04 bits per heavy atom. The van der Waals surface area contributed by atoms with Crippen molar-refractivity contribution in [1.82, 2.24) is 4.31 Å². The molecule has 1 aromatic rings. The van der Waals surface area contributed by atoms with E-state index in [1.165, 1.54) is 16.4 Å². The van der Waals surface area contributed by atoms with E-state index < -0.39 is 14.9 Å². The molecule has 24 heavy (non-hydrogen) atoms. The Bertz CT molecular complexity index is 710. The highest BCUT2D eigenvalue weighted by Gasteiger charge is 2.29. The van der Waals surface area contributed by atoms with Crippen molar-refractivity contribution in [3.8, 4) is 0 Å². The minimum Gasteiger partial charge on any atom is -0.378 e. The van der Waals surface area contributed by atoms with Gasteiger partial charge in [0.1, 0.15) is 5.69 Å². The summed E-state index contributed by atoms with van der Waals surface area (Å²) in [6.45, 7) is 3.07. The second-order valence-electron chi connectivity index (χ2n) is 5.97. The molecule has 2 heterocycles. The van der Waals surface area contributed by atoms with Gasteiger partial charge in [-0.15, -0.1) is 0 Å². The molecule has 0 saturated carbocycles. The first-order valence-electron chi connectivity index (χ1n) is 8.11. The molecule has 3 rings (SSSR count). The fourth-order valence-electron chi connectivity index (χ4n) is 3.14. The second-order valence-corrected chi connectivity index (χ2v) is 7.91. The van der Waals surface area contributed by atoms with Gasteiger partial charge in [-0.05, 0) is 25.0 Å². The number of benzene rings is 1. The number of sulfonamides is 1. The van der Waals surface area contributed by atoms with Crippen molar-refractivity contribution in [3.63, 3.8) is 0 Å². The number of morpholine rings is 1. The van der Waals surface area contributed by atoms with Crippen LogP contribution in [0.4, 0.5) is 11.4 Å². The van der Waals surface area contributed by atoms with E-state index in [-0.39, 0.29) is 10.6 Å². The number of hydrogen-bond donors (Lipinski definition) is 0. The molecule has 0 bridgehead atoms. The molecule has 8 nitrogen and oxygen atoms in total. The highest BCUT2D eigenvalue weighted by molar-refractivity contribution is 7.89. The number of nitro groups is 1. The van der Waals surface area contributed by atoms with Crippen LogP contribution in [-0.2, 0) is 14.8 Å². The largest absolute Gasteiger partial charge is 0.378 e. The summed E-state index contributed by atoms with van der Waals surface area (Å²) < 4.78 is 32.1. The third-order valence-electron chi connectivity index (χ3n) is 4.45. The van der Waals surface area contributed by atoms with E-state index in [0.717, 1.165) is 19.3 Å². The van der Waals surface area contributed by atoms with E-state index >= 15 is 0 Å². The average Bonchev–Trinajstić information content (AvgIpc) is 2.62. The van der Waals surface area contributed by atoms with Gasteiger partial charge in [-0.2, -0.15) is 4.31 Å². The maximum atomic E-state index is 12.7. The summed E-state index contributed by atoms with van der Waals surface area (Å²) in [5.74, 6) is 0. The van der Waals surface area contributed by atoms with Gasteiger partial charge in [0.2, 0.25) is 10.0 Å². The minimum atomic E-state index is -3.68. The van der Waals surface area contributed by atoms with Crippen LogP contribution >= 0.6 is 0 Å². The van der Waals surface area contributed by atoms with Crippen LogP contribution in [0.2, 0.25) is 0 Å². The van der Waals surface area contributed by atoms with Crippen LogP contribution in [0.15, 0.2) is 23.1 Å². The third-order valence-corrected chi connectivity index (χ3v) is 6.34. The van der Waals surface area contributed by atoms with Crippen LogP contribution in [0, 0.1) is 10.1 Å². The molecule has 0 N–H and O–H groups in total. The van der Waals surface area contributed by atoms with Crippen LogP contribution in [0.3, 0.4) is 0 Å². The van der Waals surface area contributed by atoms with E-state index in [0.29, 0.717) is 45.1 Å². The first-order chi connectivity index (χ1) is 11.5. The highest BCUT2D eigenvalue weighted by Crippen LogP contribution is 2.32. The molecule has 0 aliphatic carbocycles. The predicted octanol–water partition coefficient (Wildman–Crippen LogP) is 1.61. The first-order valence-corrected chi connectivity index (χ1v) is 9.55. The fourth-order valence-corrected chi connectivity index (χ4v) is 4.67. The van der Waals surface area contributed by atoms with Crippen LogP contribution < -0.4 is 4.90 Å². The van der Waals surface area contributed by atoms with Gasteiger partial charge in [0.15, 0.2) is 0 Å². The van der Waals surface area contributed by atoms with E-state index in [2.05, 4.69) is 0 Å². The SMILES string of the molecule is O=[N+]([O-])c1cc(S(=O)(=O)N2CCCCC2)ccc1N1CCOCC1. The molecule has 2 aliphatic heterocycles. The molecule has 132 valence electrons. The number of nitro benzene ring substituents is 1. The average molecular weight is 355 g/mol. The third kappa shape index (κ3) is 3.38. The zero-order valence-corrected chi connectivity index (χ0v) is 14.2. The Hall–Kier alpha value is -1.71. The molecule has 0 amide bonds. The van der Waals surface area contributed by atoms with Crippen molar-refractivity contribution < 1.29 is 18.1 Å². The summed E-state index contributed by atoms with van der Waals surface area (Å²) in [5, 5.41) is 11.5. The summed E-state index contributed by atoms with van der Waals surface area (Å²) in [7, 11) is -3.68. The summed E-state index contributed by atoms with van der Waals surface area (Å²) in [6, 6.07) is 4.21. The maximum absolute atomic E-state index is 12.7. The van der Waals surface area contributed by atoms with Gasteiger partial charge in [0, 0.05) is 32.2 Å². The Morgan fingerprint density at radius 3 is 2.33 bits per heavy atom. The lowest BCUT2D eigenvalue weighted by molar-refractivity contribution is -0.384. The Balaban J connectivity index is 1.95. The lowest BCUT2D eigenvalue weighted by Crippen LogP contribution is -2.37. The highest BCUT2D eigenvalue weighted by atomic mass is 32.2.